The molecule has 0 aliphatic carbocycles. The van der Waals surface area contributed by atoms with E-state index in [1.54, 1.807) is 11.0 Å². The van der Waals surface area contributed by atoms with Crippen molar-refractivity contribution in [3.05, 3.63) is 54.6 Å². The highest BCUT2D eigenvalue weighted by molar-refractivity contribution is 5.48. The third kappa shape index (κ3) is 3.10. The average molecular weight is 282 g/mol. The molecule has 0 fully saturated rings. The second-order valence-electron chi connectivity index (χ2n) is 4.85. The molecule has 2 aromatic heterocycles. The average Bonchev–Trinajstić information content (AvgIpc) is 3.18. The van der Waals surface area contributed by atoms with E-state index in [2.05, 4.69) is 50.7 Å². The Balaban J connectivity index is 1.64. The first kappa shape index (κ1) is 13.4. The maximum absolute atomic E-state index is 3.87. The summed E-state index contributed by atoms with van der Waals surface area (Å²) >= 11 is 0. The first-order valence-electron chi connectivity index (χ1n) is 7.08. The van der Waals surface area contributed by atoms with E-state index in [1.165, 1.54) is 5.69 Å². The summed E-state index contributed by atoms with van der Waals surface area (Å²) < 4.78 is 3.92. The van der Waals surface area contributed by atoms with Gasteiger partial charge in [0.15, 0.2) is 0 Å². The van der Waals surface area contributed by atoms with E-state index in [0.717, 1.165) is 30.9 Å². The second-order valence-corrected chi connectivity index (χ2v) is 4.85. The fourth-order valence-corrected chi connectivity index (χ4v) is 2.27. The van der Waals surface area contributed by atoms with Crippen LogP contribution in [-0.4, -0.2) is 24.8 Å². The summed E-state index contributed by atoms with van der Waals surface area (Å²) in [6, 6.07) is 12.3. The second kappa shape index (κ2) is 6.21. The molecule has 0 saturated carbocycles. The van der Waals surface area contributed by atoms with Crippen molar-refractivity contribution in [1.29, 1.82) is 0 Å². The number of aromatic nitrogens is 5. The van der Waals surface area contributed by atoms with Gasteiger partial charge in [0.05, 0.1) is 12.2 Å². The zero-order chi connectivity index (χ0) is 14.5. The van der Waals surface area contributed by atoms with Crippen LogP contribution in [-0.2, 0) is 13.1 Å². The molecular weight excluding hydrogens is 264 g/mol. The molecule has 0 spiro atoms. The van der Waals surface area contributed by atoms with Crippen LogP contribution in [0.5, 0.6) is 0 Å². The Morgan fingerprint density at radius 1 is 1.14 bits per heavy atom. The van der Waals surface area contributed by atoms with Crippen molar-refractivity contribution in [3.63, 3.8) is 0 Å². The molecule has 0 bridgehead atoms. The van der Waals surface area contributed by atoms with Crippen molar-refractivity contribution in [2.45, 2.75) is 26.4 Å². The summed E-state index contributed by atoms with van der Waals surface area (Å²) in [4.78, 5) is 0. The maximum atomic E-state index is 3.87. The van der Waals surface area contributed by atoms with Crippen molar-refractivity contribution < 1.29 is 0 Å². The van der Waals surface area contributed by atoms with Gasteiger partial charge in [-0.15, -0.1) is 5.10 Å². The van der Waals surface area contributed by atoms with E-state index in [9.17, 15) is 0 Å². The minimum atomic E-state index is 0.817. The van der Waals surface area contributed by atoms with E-state index in [1.807, 2.05) is 24.3 Å². The van der Waals surface area contributed by atoms with Gasteiger partial charge >= 0.3 is 0 Å². The summed E-state index contributed by atoms with van der Waals surface area (Å²) in [5.74, 6) is 0. The molecule has 21 heavy (non-hydrogen) atoms. The van der Waals surface area contributed by atoms with Gasteiger partial charge in [-0.05, 0) is 53.2 Å². The lowest BCUT2D eigenvalue weighted by Gasteiger charge is -2.10. The minimum absolute atomic E-state index is 0.817. The van der Waals surface area contributed by atoms with Crippen LogP contribution in [0.15, 0.2) is 48.9 Å². The van der Waals surface area contributed by atoms with Gasteiger partial charge in [-0.3, -0.25) is 0 Å². The molecule has 0 aliphatic heterocycles. The molecular formula is C15H18N6. The summed E-state index contributed by atoms with van der Waals surface area (Å²) in [7, 11) is 0. The van der Waals surface area contributed by atoms with Gasteiger partial charge in [-0.2, -0.15) is 0 Å². The molecule has 0 atom stereocenters. The van der Waals surface area contributed by atoms with Crippen LogP contribution in [0.2, 0.25) is 0 Å². The smallest absolute Gasteiger partial charge is 0.143 e. The van der Waals surface area contributed by atoms with Crippen molar-refractivity contribution in [2.75, 3.05) is 5.32 Å². The van der Waals surface area contributed by atoms with Crippen molar-refractivity contribution in [3.8, 4) is 5.69 Å². The predicted molar refractivity (Wildman–Crippen MR) is 81.2 cm³/mol. The first-order valence-corrected chi connectivity index (χ1v) is 7.08. The van der Waals surface area contributed by atoms with E-state index in [-0.39, 0.29) is 0 Å². The summed E-state index contributed by atoms with van der Waals surface area (Å²) in [6.45, 7) is 4.06. The van der Waals surface area contributed by atoms with E-state index in [4.69, 9.17) is 0 Å². The van der Waals surface area contributed by atoms with Gasteiger partial charge in [0.2, 0.25) is 0 Å². The quantitative estimate of drug-likeness (QED) is 0.754. The zero-order valence-corrected chi connectivity index (χ0v) is 12.0. The SMILES string of the molecule is CCCn1cccc1CNc1ccc(-n2cnnn2)cc1. The predicted octanol–water partition coefficient (Wildman–Crippen LogP) is 2.49. The number of anilines is 1. The van der Waals surface area contributed by atoms with Crippen LogP contribution in [0.25, 0.3) is 5.69 Å². The van der Waals surface area contributed by atoms with Crippen molar-refractivity contribution in [2.24, 2.45) is 0 Å². The van der Waals surface area contributed by atoms with Crippen LogP contribution in [0.3, 0.4) is 0 Å². The molecule has 3 rings (SSSR count). The zero-order valence-electron chi connectivity index (χ0n) is 12.0. The molecule has 108 valence electrons. The molecule has 0 amide bonds. The van der Waals surface area contributed by atoms with Crippen LogP contribution < -0.4 is 5.32 Å². The number of benzene rings is 1. The van der Waals surface area contributed by atoms with Gasteiger partial charge in [-0.1, -0.05) is 6.92 Å². The highest BCUT2D eigenvalue weighted by Gasteiger charge is 2.01. The molecule has 6 nitrogen and oxygen atoms in total. The molecule has 1 N–H and O–H groups in total. The number of aryl methyl sites for hydroxylation is 1. The van der Waals surface area contributed by atoms with E-state index >= 15 is 0 Å². The van der Waals surface area contributed by atoms with Gasteiger partial charge in [0, 0.05) is 24.1 Å². The number of hydrogen-bond acceptors (Lipinski definition) is 4. The summed E-state index contributed by atoms with van der Waals surface area (Å²) in [6.07, 6.45) is 4.85. The van der Waals surface area contributed by atoms with Crippen LogP contribution in [0, 0.1) is 0 Å². The molecule has 0 radical (unpaired) electrons. The molecule has 0 aliphatic rings. The highest BCUT2D eigenvalue weighted by atomic mass is 15.5. The van der Waals surface area contributed by atoms with E-state index < -0.39 is 0 Å². The lowest BCUT2D eigenvalue weighted by molar-refractivity contribution is 0.654. The maximum Gasteiger partial charge on any atom is 0.143 e. The monoisotopic (exact) mass is 282 g/mol. The first-order chi connectivity index (χ1) is 10.4. The fourth-order valence-electron chi connectivity index (χ4n) is 2.27. The summed E-state index contributed by atoms with van der Waals surface area (Å²) in [5, 5.41) is 14.6. The lowest BCUT2D eigenvalue weighted by atomic mass is 10.2. The number of hydrogen-bond donors (Lipinski definition) is 1. The lowest BCUT2D eigenvalue weighted by Crippen LogP contribution is -2.07. The Labute approximate surface area is 123 Å². The standard InChI is InChI=1S/C15H18N6/c1-2-9-20-10-3-4-15(20)11-16-13-5-7-14(8-6-13)21-12-17-18-19-21/h3-8,10,12,16H,2,9,11H2,1H3. The number of nitrogens with one attached hydrogen (secondary N) is 1. The van der Waals surface area contributed by atoms with Gasteiger partial charge in [-0.25, -0.2) is 4.68 Å². The van der Waals surface area contributed by atoms with Crippen molar-refractivity contribution in [1.82, 2.24) is 24.8 Å². The van der Waals surface area contributed by atoms with E-state index in [0.29, 0.717) is 0 Å². The third-order valence-electron chi connectivity index (χ3n) is 3.34. The third-order valence-corrected chi connectivity index (χ3v) is 3.34. The topological polar surface area (TPSA) is 60.6 Å². The Hall–Kier alpha value is -2.63. The van der Waals surface area contributed by atoms with Crippen LogP contribution in [0.4, 0.5) is 5.69 Å². The Bertz CT molecular complexity index is 669. The molecule has 0 saturated heterocycles. The molecule has 2 heterocycles. The molecule has 1 aromatic carbocycles. The fraction of sp³-hybridized carbons (Fsp3) is 0.267. The van der Waals surface area contributed by atoms with Gasteiger partial charge in [0.25, 0.3) is 0 Å². The Morgan fingerprint density at radius 2 is 2.00 bits per heavy atom. The number of nitrogens with zero attached hydrogens (tertiary/aromatic N) is 5. The Kier molecular flexibility index (Phi) is 3.95. The Morgan fingerprint density at radius 3 is 2.71 bits per heavy atom. The minimum Gasteiger partial charge on any atom is -0.379 e. The van der Waals surface area contributed by atoms with Crippen LogP contribution in [0.1, 0.15) is 19.0 Å². The molecule has 3 aromatic rings. The van der Waals surface area contributed by atoms with Gasteiger partial charge < -0.3 is 9.88 Å². The largest absolute Gasteiger partial charge is 0.379 e. The molecule has 0 unspecified atom stereocenters. The number of tetrazole rings is 1. The number of rotatable bonds is 6. The van der Waals surface area contributed by atoms with Crippen LogP contribution >= 0.6 is 0 Å². The molecule has 6 heteroatoms. The highest BCUT2D eigenvalue weighted by Crippen LogP contribution is 2.13. The normalized spacial score (nSPS) is 10.7. The van der Waals surface area contributed by atoms with Gasteiger partial charge in [0.1, 0.15) is 6.33 Å². The van der Waals surface area contributed by atoms with Crippen molar-refractivity contribution >= 4 is 5.69 Å². The summed E-state index contributed by atoms with van der Waals surface area (Å²) in [5.41, 5.74) is 3.32.